The number of nitriles is 1. The number of nitrogens with zero attached hydrogens (tertiary/aromatic N) is 2. The summed E-state index contributed by atoms with van der Waals surface area (Å²) < 4.78 is 13.2. The molecule has 1 rings (SSSR count). The lowest BCUT2D eigenvalue weighted by molar-refractivity contribution is -0.137. The van der Waals surface area contributed by atoms with Gasteiger partial charge in [-0.1, -0.05) is 13.8 Å². The van der Waals surface area contributed by atoms with Crippen LogP contribution in [0.15, 0.2) is 18.2 Å². The number of carboxylic acid groups (broad SMARTS) is 1. The number of amides is 2. The predicted octanol–water partition coefficient (Wildman–Crippen LogP) is 2.27. The van der Waals surface area contributed by atoms with E-state index in [0.717, 1.165) is 11.0 Å². The second kappa shape index (κ2) is 7.24. The standard InChI is InChI=1S/C14H16FN3O3/c1-9(2)7-18(8-13(19)20)14(21)17-11-3-4-12(15)10(5-11)6-16/h3-5,9H,7-8H2,1-2H3,(H,17,21)(H,19,20). The lowest BCUT2D eigenvalue weighted by Crippen LogP contribution is -2.40. The maximum absolute atomic E-state index is 13.2. The van der Waals surface area contributed by atoms with Crippen LogP contribution < -0.4 is 5.32 Å². The Morgan fingerprint density at radius 3 is 2.67 bits per heavy atom. The molecule has 1 aromatic carbocycles. The van der Waals surface area contributed by atoms with E-state index in [1.165, 1.54) is 12.1 Å². The highest BCUT2D eigenvalue weighted by molar-refractivity contribution is 5.91. The van der Waals surface area contributed by atoms with Crippen LogP contribution in [0.4, 0.5) is 14.9 Å². The minimum absolute atomic E-state index is 0.0954. The molecule has 0 aliphatic heterocycles. The Balaban J connectivity index is 2.86. The van der Waals surface area contributed by atoms with Crippen molar-refractivity contribution >= 4 is 17.7 Å². The van der Waals surface area contributed by atoms with Gasteiger partial charge >= 0.3 is 12.0 Å². The summed E-state index contributed by atoms with van der Waals surface area (Å²) in [6, 6.07) is 4.63. The van der Waals surface area contributed by atoms with E-state index in [9.17, 15) is 14.0 Å². The van der Waals surface area contributed by atoms with Crippen LogP contribution in [0.2, 0.25) is 0 Å². The second-order valence-corrected chi connectivity index (χ2v) is 4.90. The minimum Gasteiger partial charge on any atom is -0.480 e. The third-order valence-corrected chi connectivity index (χ3v) is 2.54. The van der Waals surface area contributed by atoms with E-state index in [2.05, 4.69) is 5.32 Å². The van der Waals surface area contributed by atoms with Gasteiger partial charge in [0.1, 0.15) is 18.4 Å². The molecule has 21 heavy (non-hydrogen) atoms. The average Bonchev–Trinajstić information content (AvgIpc) is 2.39. The van der Waals surface area contributed by atoms with Crippen LogP contribution in [0.25, 0.3) is 0 Å². The molecule has 0 saturated carbocycles. The summed E-state index contributed by atoms with van der Waals surface area (Å²) in [7, 11) is 0. The Morgan fingerprint density at radius 1 is 1.48 bits per heavy atom. The fraction of sp³-hybridized carbons (Fsp3) is 0.357. The highest BCUT2D eigenvalue weighted by atomic mass is 19.1. The molecule has 0 radical (unpaired) electrons. The van der Waals surface area contributed by atoms with Gasteiger partial charge in [0, 0.05) is 12.2 Å². The average molecular weight is 293 g/mol. The molecule has 1 aromatic rings. The van der Waals surface area contributed by atoms with Crippen molar-refractivity contribution in [1.29, 1.82) is 5.26 Å². The SMILES string of the molecule is CC(C)CN(CC(=O)O)C(=O)Nc1ccc(F)c(C#N)c1. The molecule has 112 valence electrons. The van der Waals surface area contributed by atoms with Crippen LogP contribution in [0, 0.1) is 23.1 Å². The number of urea groups is 1. The predicted molar refractivity (Wildman–Crippen MR) is 74.2 cm³/mol. The Morgan fingerprint density at radius 2 is 2.14 bits per heavy atom. The van der Waals surface area contributed by atoms with Crippen molar-refractivity contribution in [1.82, 2.24) is 4.90 Å². The van der Waals surface area contributed by atoms with E-state index in [1.54, 1.807) is 6.07 Å². The van der Waals surface area contributed by atoms with E-state index in [0.29, 0.717) is 0 Å². The lowest BCUT2D eigenvalue weighted by Gasteiger charge is -2.23. The van der Waals surface area contributed by atoms with E-state index in [-0.39, 0.29) is 23.7 Å². The first-order valence-electron chi connectivity index (χ1n) is 6.31. The quantitative estimate of drug-likeness (QED) is 0.870. The number of hydrogen-bond acceptors (Lipinski definition) is 3. The molecule has 2 amide bonds. The van der Waals surface area contributed by atoms with Crippen LogP contribution in [-0.4, -0.2) is 35.1 Å². The fourth-order valence-electron chi connectivity index (χ4n) is 1.71. The first kappa shape index (κ1) is 16.4. The van der Waals surface area contributed by atoms with Gasteiger partial charge in [-0.2, -0.15) is 5.26 Å². The summed E-state index contributed by atoms with van der Waals surface area (Å²) in [5.74, 6) is -1.71. The number of halogens is 1. The molecule has 2 N–H and O–H groups in total. The van der Waals surface area contributed by atoms with E-state index >= 15 is 0 Å². The summed E-state index contributed by atoms with van der Waals surface area (Å²) >= 11 is 0. The number of rotatable bonds is 5. The van der Waals surface area contributed by atoms with Gasteiger partial charge in [-0.3, -0.25) is 4.79 Å². The second-order valence-electron chi connectivity index (χ2n) is 4.90. The Labute approximate surface area is 121 Å². The number of hydrogen-bond donors (Lipinski definition) is 2. The molecular weight excluding hydrogens is 277 g/mol. The van der Waals surface area contributed by atoms with E-state index in [1.807, 2.05) is 13.8 Å². The van der Waals surface area contributed by atoms with Crippen molar-refractivity contribution in [3.05, 3.63) is 29.6 Å². The van der Waals surface area contributed by atoms with Crippen molar-refractivity contribution in [2.45, 2.75) is 13.8 Å². The zero-order valence-electron chi connectivity index (χ0n) is 11.8. The maximum atomic E-state index is 13.2. The van der Waals surface area contributed by atoms with Gasteiger partial charge < -0.3 is 15.3 Å². The summed E-state index contributed by atoms with van der Waals surface area (Å²) in [5.41, 5.74) is 0.0403. The van der Waals surface area contributed by atoms with E-state index in [4.69, 9.17) is 10.4 Å². The third-order valence-electron chi connectivity index (χ3n) is 2.54. The van der Waals surface area contributed by atoms with Gasteiger partial charge in [-0.15, -0.1) is 0 Å². The first-order chi connectivity index (χ1) is 9.83. The molecule has 7 heteroatoms. The highest BCUT2D eigenvalue weighted by Crippen LogP contribution is 2.14. The largest absolute Gasteiger partial charge is 0.480 e. The number of carbonyl (C=O) groups excluding carboxylic acids is 1. The monoisotopic (exact) mass is 293 g/mol. The van der Waals surface area contributed by atoms with Crippen LogP contribution in [-0.2, 0) is 4.79 Å². The molecule has 0 spiro atoms. The molecule has 0 atom stereocenters. The molecule has 0 heterocycles. The van der Waals surface area contributed by atoms with Gasteiger partial charge in [-0.25, -0.2) is 9.18 Å². The van der Waals surface area contributed by atoms with Crippen LogP contribution >= 0.6 is 0 Å². The first-order valence-corrected chi connectivity index (χ1v) is 6.31. The number of carbonyl (C=O) groups is 2. The molecule has 0 aliphatic rings. The van der Waals surface area contributed by atoms with Gasteiger partial charge in [0.25, 0.3) is 0 Å². The summed E-state index contributed by atoms with van der Waals surface area (Å²) in [6.45, 7) is 3.54. The number of benzene rings is 1. The fourth-order valence-corrected chi connectivity index (χ4v) is 1.71. The van der Waals surface area contributed by atoms with Crippen LogP contribution in [0.3, 0.4) is 0 Å². The molecule has 0 bridgehead atoms. The molecule has 0 saturated heterocycles. The molecular formula is C14H16FN3O3. The molecule has 6 nitrogen and oxygen atoms in total. The molecule has 0 aromatic heterocycles. The van der Waals surface area contributed by atoms with Crippen molar-refractivity contribution in [3.8, 4) is 6.07 Å². The van der Waals surface area contributed by atoms with Gasteiger partial charge in [0.2, 0.25) is 0 Å². The number of aliphatic carboxylic acids is 1. The van der Waals surface area contributed by atoms with Gasteiger partial charge in [0.05, 0.1) is 5.56 Å². The lowest BCUT2D eigenvalue weighted by atomic mass is 10.2. The zero-order chi connectivity index (χ0) is 16.0. The zero-order valence-corrected chi connectivity index (χ0v) is 11.8. The van der Waals surface area contributed by atoms with Crippen molar-refractivity contribution in [2.75, 3.05) is 18.4 Å². The normalized spacial score (nSPS) is 10.0. The van der Waals surface area contributed by atoms with Gasteiger partial charge in [0.15, 0.2) is 0 Å². The number of anilines is 1. The minimum atomic E-state index is -1.12. The van der Waals surface area contributed by atoms with E-state index < -0.39 is 24.4 Å². The van der Waals surface area contributed by atoms with Crippen LogP contribution in [0.5, 0.6) is 0 Å². The Kier molecular flexibility index (Phi) is 5.67. The summed E-state index contributed by atoms with van der Waals surface area (Å²) in [5, 5.41) is 20.0. The molecule has 0 unspecified atom stereocenters. The Hall–Kier alpha value is -2.62. The topological polar surface area (TPSA) is 93.4 Å². The van der Waals surface area contributed by atoms with Crippen molar-refractivity contribution < 1.29 is 19.1 Å². The highest BCUT2D eigenvalue weighted by Gasteiger charge is 2.18. The summed E-state index contributed by atoms with van der Waals surface area (Å²) in [4.78, 5) is 24.0. The van der Waals surface area contributed by atoms with Gasteiger partial charge in [-0.05, 0) is 24.1 Å². The summed E-state index contributed by atoms with van der Waals surface area (Å²) in [6.07, 6.45) is 0. The van der Waals surface area contributed by atoms with Crippen LogP contribution in [0.1, 0.15) is 19.4 Å². The molecule has 0 aliphatic carbocycles. The Bertz CT molecular complexity index is 581. The third kappa shape index (κ3) is 5.10. The smallest absolute Gasteiger partial charge is 0.323 e. The maximum Gasteiger partial charge on any atom is 0.323 e. The molecule has 0 fully saturated rings. The van der Waals surface area contributed by atoms with Crippen molar-refractivity contribution in [3.63, 3.8) is 0 Å². The van der Waals surface area contributed by atoms with Crippen molar-refractivity contribution in [2.24, 2.45) is 5.92 Å². The number of nitrogens with one attached hydrogen (secondary N) is 1. The number of carboxylic acids is 1.